The van der Waals surface area contributed by atoms with E-state index in [1.807, 2.05) is 41.5 Å². The van der Waals surface area contributed by atoms with Gasteiger partial charge >= 0.3 is 35.8 Å². The molecule has 8 unspecified atom stereocenters. The van der Waals surface area contributed by atoms with Crippen LogP contribution in [-0.2, 0) is 95.5 Å². The number of nitrogens with one attached hydrogen (secondary N) is 6. The minimum Gasteiger partial charge on any atom is -0.464 e. The van der Waals surface area contributed by atoms with Gasteiger partial charge in [0.1, 0.15) is 47.8 Å². The van der Waals surface area contributed by atoms with Crippen LogP contribution in [0.15, 0.2) is 0 Å². The van der Waals surface area contributed by atoms with Crippen molar-refractivity contribution in [1.29, 1.82) is 0 Å². The average Bonchev–Trinajstić information content (AvgIpc) is 4.31. The fraction of sp³-hybridized carbons (Fsp3) is 0.754. The van der Waals surface area contributed by atoms with Gasteiger partial charge in [0.05, 0.1) is 77.5 Å². The Kier molecular flexibility index (Phi) is 39.1. The van der Waals surface area contributed by atoms with E-state index in [4.69, 9.17) is 14.2 Å². The van der Waals surface area contributed by atoms with Crippen molar-refractivity contribution >= 4 is 82.8 Å². The number of carbonyl (C=O) groups excluding carboxylic acids is 14. The number of cyclic esters (lactones) is 6. The van der Waals surface area contributed by atoms with Gasteiger partial charge in [0.25, 0.3) is 0 Å². The van der Waals surface area contributed by atoms with Crippen LogP contribution in [0.5, 0.6) is 0 Å². The van der Waals surface area contributed by atoms with Crippen LogP contribution in [0.4, 0.5) is 0 Å². The lowest BCUT2D eigenvalue weighted by Crippen LogP contribution is -2.39. The van der Waals surface area contributed by atoms with E-state index >= 15 is 0 Å². The van der Waals surface area contributed by atoms with Crippen molar-refractivity contribution in [1.82, 2.24) is 31.9 Å². The van der Waals surface area contributed by atoms with Crippen LogP contribution >= 0.6 is 0 Å². The molecule has 0 saturated carbocycles. The van der Waals surface area contributed by atoms with Crippen LogP contribution in [0.1, 0.15) is 172 Å². The van der Waals surface area contributed by atoms with Gasteiger partial charge in [-0.15, -0.1) is 0 Å². The first-order valence-electron chi connectivity index (χ1n) is 28.7. The quantitative estimate of drug-likeness (QED) is 0.0401. The topological polar surface area (TPSA) is 407 Å². The van der Waals surface area contributed by atoms with Crippen LogP contribution in [0.25, 0.3) is 0 Å². The molecule has 6 aliphatic heterocycles. The summed E-state index contributed by atoms with van der Waals surface area (Å²) in [5.74, 6) is -3.10. The zero-order valence-electron chi connectivity index (χ0n) is 50.0. The van der Waals surface area contributed by atoms with E-state index in [2.05, 4.69) is 46.1 Å². The highest BCUT2D eigenvalue weighted by molar-refractivity contribution is 6.00. The summed E-state index contributed by atoms with van der Waals surface area (Å²) in [7, 11) is 0. The van der Waals surface area contributed by atoms with Gasteiger partial charge in [-0.25, -0.2) is 28.8 Å². The Labute approximate surface area is 497 Å². The molecule has 0 aliphatic carbocycles. The zero-order valence-corrected chi connectivity index (χ0v) is 50.0. The van der Waals surface area contributed by atoms with Crippen LogP contribution in [-0.4, -0.2) is 181 Å². The fourth-order valence-electron chi connectivity index (χ4n) is 7.89. The van der Waals surface area contributed by atoms with Gasteiger partial charge in [0, 0.05) is 64.2 Å². The predicted molar refractivity (Wildman–Crippen MR) is 302 cm³/mol. The van der Waals surface area contributed by atoms with Crippen LogP contribution < -0.4 is 31.9 Å². The Morgan fingerprint density at radius 3 is 0.894 bits per heavy atom. The number of Topliss-reactive ketones (excluding diaryl/α,β-unsaturated/α-hetero) is 2. The van der Waals surface area contributed by atoms with E-state index < -0.39 is 72.2 Å². The van der Waals surface area contributed by atoms with Gasteiger partial charge in [-0.2, -0.15) is 0 Å². The molecule has 0 aromatic carbocycles. The Morgan fingerprint density at radius 1 is 0.376 bits per heavy atom. The molecule has 28 heteroatoms. The first-order valence-corrected chi connectivity index (χ1v) is 28.7. The van der Waals surface area contributed by atoms with Crippen molar-refractivity contribution in [2.75, 3.05) is 39.6 Å². The molecular formula is C57H94N6O22. The highest BCUT2D eigenvalue weighted by Crippen LogP contribution is 2.13. The van der Waals surface area contributed by atoms with Gasteiger partial charge in [0.15, 0.2) is 0 Å². The number of esters is 6. The van der Waals surface area contributed by atoms with Crippen molar-refractivity contribution in [3.05, 3.63) is 0 Å². The number of ether oxygens (including phenoxy) is 6. The van der Waals surface area contributed by atoms with E-state index in [1.165, 1.54) is 0 Å². The third kappa shape index (κ3) is 35.1. The smallest absolute Gasteiger partial charge is 0.328 e. The van der Waals surface area contributed by atoms with Gasteiger partial charge < -0.3 is 70.5 Å². The molecule has 0 aromatic heterocycles. The molecule has 0 spiro atoms. The largest absolute Gasteiger partial charge is 0.464 e. The number of hydrogen-bond donors (Lipinski definition) is 8. The maximum Gasteiger partial charge on any atom is 0.328 e. The lowest BCUT2D eigenvalue weighted by Gasteiger charge is -2.14. The normalized spacial score (nSPS) is 21.3. The number of aliphatic hydroxyl groups is 2. The second-order valence-electron chi connectivity index (χ2n) is 21.5. The minimum atomic E-state index is -0.641. The Balaban J connectivity index is 0.000000997. The van der Waals surface area contributed by atoms with Crippen molar-refractivity contribution in [2.24, 2.45) is 17.8 Å². The summed E-state index contributed by atoms with van der Waals surface area (Å²) in [4.78, 5) is 155. The first-order chi connectivity index (χ1) is 39.6. The average molecular weight is 1220 g/mol. The molecule has 0 aromatic rings. The third-order valence-corrected chi connectivity index (χ3v) is 12.3. The van der Waals surface area contributed by atoms with E-state index in [0.717, 1.165) is 0 Å². The Hall–Kier alpha value is -7.10. The molecule has 6 fully saturated rings. The molecule has 8 atom stereocenters. The summed E-state index contributed by atoms with van der Waals surface area (Å²) in [6.07, 6.45) is 4.44. The van der Waals surface area contributed by atoms with Gasteiger partial charge in [-0.3, -0.25) is 38.4 Å². The molecule has 28 nitrogen and oxygen atoms in total. The third-order valence-electron chi connectivity index (χ3n) is 12.3. The van der Waals surface area contributed by atoms with Crippen LogP contribution in [0.3, 0.4) is 0 Å². The predicted octanol–water partition coefficient (Wildman–Crippen LogP) is 0.933. The highest BCUT2D eigenvalue weighted by Gasteiger charge is 2.32. The molecule has 6 rings (SSSR count). The number of ketones is 2. The molecule has 6 aliphatic rings. The Bertz CT molecular complexity index is 2220. The summed E-state index contributed by atoms with van der Waals surface area (Å²) >= 11 is 0. The molecular weight excluding hydrogens is 1120 g/mol. The van der Waals surface area contributed by atoms with Crippen molar-refractivity contribution in [3.8, 4) is 0 Å². The van der Waals surface area contributed by atoms with Gasteiger partial charge in [-0.05, 0) is 30.6 Å². The molecule has 8 N–H and O–H groups in total. The summed E-state index contributed by atoms with van der Waals surface area (Å²) in [6, 6.07) is -2.99. The van der Waals surface area contributed by atoms with Crippen molar-refractivity contribution in [3.63, 3.8) is 0 Å². The van der Waals surface area contributed by atoms with Crippen LogP contribution in [0, 0.1) is 17.8 Å². The maximum atomic E-state index is 11.5. The second-order valence-corrected chi connectivity index (χ2v) is 21.5. The zero-order chi connectivity index (χ0) is 63.5. The summed E-state index contributed by atoms with van der Waals surface area (Å²) in [5.41, 5.74) is 0. The fourth-order valence-corrected chi connectivity index (χ4v) is 7.89. The lowest BCUT2D eigenvalue weighted by molar-refractivity contribution is -0.142. The highest BCUT2D eigenvalue weighted by atomic mass is 16.6. The van der Waals surface area contributed by atoms with E-state index in [0.29, 0.717) is 129 Å². The summed E-state index contributed by atoms with van der Waals surface area (Å²) < 4.78 is 28.1. The van der Waals surface area contributed by atoms with E-state index in [1.54, 1.807) is 20.8 Å². The van der Waals surface area contributed by atoms with E-state index in [9.17, 15) is 77.3 Å². The lowest BCUT2D eigenvalue weighted by atomic mass is 10.0. The van der Waals surface area contributed by atoms with Gasteiger partial charge in [0.2, 0.25) is 35.4 Å². The van der Waals surface area contributed by atoms with Crippen molar-refractivity contribution in [2.45, 2.75) is 221 Å². The monoisotopic (exact) mass is 1210 g/mol. The SMILES string of the molecule is C.CC(C)CC(=O)CC(=O)NC1CCOC1=O.CC(C)CC(=O)NC1CCOC1=O.CC(C)CC(O)CC(=O)NC1CCOC1=O.CCC(=O)CC(=O)NC1CCOC1=O.CCC(=O)NC1CCOC1=O.CCC(O)CC(=O)NC1CCOC1=O. The molecule has 85 heavy (non-hydrogen) atoms. The minimum absolute atomic E-state index is 0. The van der Waals surface area contributed by atoms with E-state index in [-0.39, 0.29) is 98.1 Å². The second kappa shape index (κ2) is 42.7. The molecule has 484 valence electrons. The summed E-state index contributed by atoms with van der Waals surface area (Å²) in [6.45, 7) is 19.2. The maximum absolute atomic E-state index is 11.5. The van der Waals surface area contributed by atoms with Crippen LogP contribution in [0.2, 0.25) is 0 Å². The number of rotatable bonds is 23. The Morgan fingerprint density at radius 2 is 0.647 bits per heavy atom. The molecule has 6 saturated heterocycles. The molecule has 0 radical (unpaired) electrons. The standard InChI is InChI=1S/C11H19NO4.C11H17NO4.C9H15NO4.C9H13NO4.C9H15NO3.C7H11NO3.CH4/c2*1-7(2)5-8(13)6-10(14)12-9-3-4-16-11(9)15;2*1-2-6(11)5-8(12)10-7-3-4-14-9(7)13;1-6(2)5-8(11)10-7-3-4-13-9(7)12;1-2-6(9)8-5-3-4-11-7(5)10;/h7-9,13H,3-6H2,1-2H3,(H,12,14);7,9H,3-6H2,1-2H3,(H,12,14);6-7,11H,2-5H2,1H3,(H,10,12);7H,2-5H2,1H3,(H,10,12);6-7H,3-5H2,1-2H3,(H,10,11);5H,2-4H2,1H3,(H,8,9);1H4. The number of amides is 6. The molecule has 6 heterocycles. The van der Waals surface area contributed by atoms with Crippen molar-refractivity contribution < 1.29 is 106 Å². The number of hydrogen-bond acceptors (Lipinski definition) is 22. The van der Waals surface area contributed by atoms with Gasteiger partial charge in [-0.1, -0.05) is 69.7 Å². The summed E-state index contributed by atoms with van der Waals surface area (Å²) in [5, 5.41) is 34.0. The number of aliphatic hydroxyl groups excluding tert-OH is 2. The number of carbonyl (C=O) groups is 14. The first kappa shape index (κ1) is 77.9. The molecule has 6 amide bonds. The molecule has 0 bridgehead atoms.